The predicted molar refractivity (Wildman–Crippen MR) is 120 cm³/mol. The van der Waals surface area contributed by atoms with Crippen molar-refractivity contribution in [2.24, 2.45) is 0 Å². The molecule has 31 heavy (non-hydrogen) atoms. The van der Waals surface area contributed by atoms with E-state index in [1.54, 1.807) is 0 Å². The van der Waals surface area contributed by atoms with Gasteiger partial charge in [-0.05, 0) is 74.7 Å². The Balaban J connectivity index is 1.26. The zero-order valence-corrected chi connectivity index (χ0v) is 17.8. The standard InChI is InChI=1S/C24H26N4O3/c1-16-13-17(2)28(27-16)20-6-3-5-19(15-20)25-23(29)7-4-12-31-21-9-10-22-18(14-21)8-11-24(30)26-22/h3,5-6,9-10,13-15H,4,7-8,11-12H2,1-2H3,(H,25,29)(H,26,30). The van der Waals surface area contributed by atoms with Crippen LogP contribution in [-0.4, -0.2) is 28.2 Å². The molecule has 160 valence electrons. The Morgan fingerprint density at radius 1 is 1.16 bits per heavy atom. The van der Waals surface area contributed by atoms with E-state index in [1.165, 1.54) is 0 Å². The maximum Gasteiger partial charge on any atom is 0.224 e. The number of nitrogens with zero attached hydrogens (tertiary/aromatic N) is 2. The Hall–Kier alpha value is -3.61. The van der Waals surface area contributed by atoms with E-state index in [-0.39, 0.29) is 11.8 Å². The molecule has 7 nitrogen and oxygen atoms in total. The van der Waals surface area contributed by atoms with E-state index in [9.17, 15) is 9.59 Å². The Bertz CT molecular complexity index is 1120. The molecule has 0 fully saturated rings. The molecule has 2 heterocycles. The molecule has 0 saturated carbocycles. The summed E-state index contributed by atoms with van der Waals surface area (Å²) in [5.74, 6) is 0.753. The second-order valence-corrected chi connectivity index (χ2v) is 7.76. The fourth-order valence-electron chi connectivity index (χ4n) is 3.70. The minimum Gasteiger partial charge on any atom is -0.494 e. The molecule has 1 aliphatic rings. The zero-order chi connectivity index (χ0) is 21.8. The first kappa shape index (κ1) is 20.7. The van der Waals surface area contributed by atoms with Crippen LogP contribution in [0.15, 0.2) is 48.5 Å². The van der Waals surface area contributed by atoms with Gasteiger partial charge in [-0.3, -0.25) is 9.59 Å². The van der Waals surface area contributed by atoms with E-state index in [4.69, 9.17) is 4.74 Å². The zero-order valence-electron chi connectivity index (χ0n) is 17.8. The molecule has 0 spiro atoms. The van der Waals surface area contributed by atoms with Crippen molar-refractivity contribution in [1.82, 2.24) is 9.78 Å². The van der Waals surface area contributed by atoms with Crippen molar-refractivity contribution < 1.29 is 14.3 Å². The summed E-state index contributed by atoms with van der Waals surface area (Å²) in [6.45, 7) is 4.41. The smallest absolute Gasteiger partial charge is 0.224 e. The second-order valence-electron chi connectivity index (χ2n) is 7.76. The number of hydrogen-bond donors (Lipinski definition) is 2. The lowest BCUT2D eigenvalue weighted by atomic mass is 10.0. The molecule has 4 rings (SSSR count). The average Bonchev–Trinajstić information content (AvgIpc) is 3.09. The third-order valence-electron chi connectivity index (χ3n) is 5.17. The number of rotatable bonds is 7. The molecular weight excluding hydrogens is 392 g/mol. The molecule has 2 aromatic carbocycles. The predicted octanol–water partition coefficient (Wildman–Crippen LogP) is 4.17. The lowest BCUT2D eigenvalue weighted by Crippen LogP contribution is -2.18. The average molecular weight is 418 g/mol. The Morgan fingerprint density at radius 2 is 2.03 bits per heavy atom. The van der Waals surface area contributed by atoms with Gasteiger partial charge in [-0.25, -0.2) is 4.68 Å². The molecule has 0 radical (unpaired) electrons. The van der Waals surface area contributed by atoms with Gasteiger partial charge in [-0.15, -0.1) is 0 Å². The van der Waals surface area contributed by atoms with Crippen LogP contribution in [0.1, 0.15) is 36.2 Å². The van der Waals surface area contributed by atoms with Crippen molar-refractivity contribution in [2.75, 3.05) is 17.2 Å². The van der Waals surface area contributed by atoms with Crippen molar-refractivity contribution >= 4 is 23.2 Å². The van der Waals surface area contributed by atoms with Gasteiger partial charge in [-0.1, -0.05) is 6.07 Å². The van der Waals surface area contributed by atoms with Crippen LogP contribution in [-0.2, 0) is 16.0 Å². The molecule has 3 aromatic rings. The fourth-order valence-corrected chi connectivity index (χ4v) is 3.70. The van der Waals surface area contributed by atoms with Gasteiger partial charge < -0.3 is 15.4 Å². The molecule has 2 N–H and O–H groups in total. The highest BCUT2D eigenvalue weighted by Gasteiger charge is 2.15. The van der Waals surface area contributed by atoms with Crippen molar-refractivity contribution in [1.29, 1.82) is 0 Å². The maximum absolute atomic E-state index is 12.3. The Morgan fingerprint density at radius 3 is 2.84 bits per heavy atom. The fraction of sp³-hybridized carbons (Fsp3) is 0.292. The molecule has 0 atom stereocenters. The van der Waals surface area contributed by atoms with E-state index in [0.29, 0.717) is 25.9 Å². The summed E-state index contributed by atoms with van der Waals surface area (Å²) in [6, 6.07) is 15.3. The third-order valence-corrected chi connectivity index (χ3v) is 5.17. The number of ether oxygens (including phenoxy) is 1. The summed E-state index contributed by atoms with van der Waals surface area (Å²) in [4.78, 5) is 23.8. The lowest BCUT2D eigenvalue weighted by molar-refractivity contribution is -0.117. The normalized spacial score (nSPS) is 12.8. The first-order valence-corrected chi connectivity index (χ1v) is 10.5. The SMILES string of the molecule is Cc1cc(C)n(-c2cccc(NC(=O)CCCOc3ccc4c(c3)CCC(=O)N4)c2)n1. The van der Waals surface area contributed by atoms with Crippen LogP contribution in [0.4, 0.5) is 11.4 Å². The highest BCUT2D eigenvalue weighted by atomic mass is 16.5. The molecule has 0 saturated heterocycles. The summed E-state index contributed by atoms with van der Waals surface area (Å²) in [5, 5.41) is 10.3. The number of benzene rings is 2. The largest absolute Gasteiger partial charge is 0.494 e. The molecule has 0 unspecified atom stereocenters. The van der Waals surface area contributed by atoms with Gasteiger partial charge in [-0.2, -0.15) is 5.10 Å². The van der Waals surface area contributed by atoms with Crippen molar-refractivity contribution in [2.45, 2.75) is 39.5 Å². The topological polar surface area (TPSA) is 85.2 Å². The van der Waals surface area contributed by atoms with Crippen molar-refractivity contribution in [3.05, 3.63) is 65.5 Å². The Labute approximate surface area is 181 Å². The number of nitrogens with one attached hydrogen (secondary N) is 2. The summed E-state index contributed by atoms with van der Waals surface area (Å²) in [7, 11) is 0. The number of carbonyl (C=O) groups excluding carboxylic acids is 2. The van der Waals surface area contributed by atoms with Gasteiger partial charge in [0.2, 0.25) is 11.8 Å². The number of carbonyl (C=O) groups is 2. The number of hydrogen-bond acceptors (Lipinski definition) is 4. The van der Waals surface area contributed by atoms with E-state index in [1.807, 2.05) is 67.1 Å². The number of aryl methyl sites for hydroxylation is 3. The molecule has 0 bridgehead atoms. The summed E-state index contributed by atoms with van der Waals surface area (Å²) in [6.07, 6.45) is 2.19. The first-order chi connectivity index (χ1) is 15.0. The molecule has 0 aliphatic carbocycles. The van der Waals surface area contributed by atoms with Crippen molar-refractivity contribution in [3.8, 4) is 11.4 Å². The van der Waals surface area contributed by atoms with E-state index in [0.717, 1.165) is 46.2 Å². The minimum atomic E-state index is -0.0535. The first-order valence-electron chi connectivity index (χ1n) is 10.5. The lowest BCUT2D eigenvalue weighted by Gasteiger charge is -2.17. The highest BCUT2D eigenvalue weighted by molar-refractivity contribution is 5.94. The van der Waals surface area contributed by atoms with Gasteiger partial charge in [0.1, 0.15) is 5.75 Å². The quantitative estimate of drug-likeness (QED) is 0.564. The second kappa shape index (κ2) is 9.04. The van der Waals surface area contributed by atoms with Crippen LogP contribution in [0, 0.1) is 13.8 Å². The number of fused-ring (bicyclic) bond motifs is 1. The van der Waals surface area contributed by atoms with Gasteiger partial charge >= 0.3 is 0 Å². The molecule has 1 aliphatic heterocycles. The summed E-state index contributed by atoms with van der Waals surface area (Å²) in [5.41, 5.74) is 5.59. The van der Waals surface area contributed by atoms with Gasteiger partial charge in [0.15, 0.2) is 0 Å². The van der Waals surface area contributed by atoms with Crippen molar-refractivity contribution in [3.63, 3.8) is 0 Å². The Kier molecular flexibility index (Phi) is 6.02. The maximum atomic E-state index is 12.3. The number of amides is 2. The highest BCUT2D eigenvalue weighted by Crippen LogP contribution is 2.27. The number of aromatic nitrogens is 2. The molecule has 1 aromatic heterocycles. The van der Waals surface area contributed by atoms with E-state index >= 15 is 0 Å². The van der Waals surface area contributed by atoms with Gasteiger partial charge in [0, 0.05) is 29.9 Å². The molecular formula is C24H26N4O3. The van der Waals surface area contributed by atoms with Gasteiger partial charge in [0.05, 0.1) is 18.0 Å². The van der Waals surface area contributed by atoms with E-state index in [2.05, 4.69) is 15.7 Å². The van der Waals surface area contributed by atoms with Crippen LogP contribution in [0.25, 0.3) is 5.69 Å². The summed E-state index contributed by atoms with van der Waals surface area (Å²) >= 11 is 0. The van der Waals surface area contributed by atoms with Crippen LogP contribution in [0.5, 0.6) is 5.75 Å². The minimum absolute atomic E-state index is 0.0487. The van der Waals surface area contributed by atoms with Crippen LogP contribution in [0.2, 0.25) is 0 Å². The summed E-state index contributed by atoms with van der Waals surface area (Å²) < 4.78 is 7.65. The van der Waals surface area contributed by atoms with E-state index < -0.39 is 0 Å². The molecule has 2 amide bonds. The number of anilines is 2. The monoisotopic (exact) mass is 418 g/mol. The molecule has 7 heteroatoms. The van der Waals surface area contributed by atoms with Crippen LogP contribution < -0.4 is 15.4 Å². The van der Waals surface area contributed by atoms with Gasteiger partial charge in [0.25, 0.3) is 0 Å². The third kappa shape index (κ3) is 5.12. The van der Waals surface area contributed by atoms with Crippen LogP contribution >= 0.6 is 0 Å². The van der Waals surface area contributed by atoms with Crippen LogP contribution in [0.3, 0.4) is 0 Å².